The zero-order valence-electron chi connectivity index (χ0n) is 20.2. The number of hydrogen-bond acceptors (Lipinski definition) is 3. The molecule has 4 aromatic rings. The van der Waals surface area contributed by atoms with Crippen molar-refractivity contribution in [3.63, 3.8) is 0 Å². The molecule has 0 aliphatic heterocycles. The van der Waals surface area contributed by atoms with E-state index in [1.807, 2.05) is 12.1 Å². The summed E-state index contributed by atoms with van der Waals surface area (Å²) in [5.41, 5.74) is 1.94. The van der Waals surface area contributed by atoms with Crippen molar-refractivity contribution in [1.82, 2.24) is 14.3 Å². The lowest BCUT2D eigenvalue weighted by Gasteiger charge is -2.15. The molecule has 0 N–H and O–H groups in total. The van der Waals surface area contributed by atoms with Gasteiger partial charge in [0.2, 0.25) is 0 Å². The number of aromatic nitrogens is 3. The lowest BCUT2D eigenvalue weighted by molar-refractivity contribution is -0.122. The number of Topliss-reactive ketones (excluding diaryl/α,β-unsaturated/α-hetero) is 1. The van der Waals surface area contributed by atoms with Crippen LogP contribution in [0.3, 0.4) is 0 Å². The Hall–Kier alpha value is -3.18. The van der Waals surface area contributed by atoms with Crippen molar-refractivity contribution in [3.8, 4) is 11.4 Å². The fraction of sp³-hybridized carbons (Fsp3) is 0.345. The third-order valence-electron chi connectivity index (χ3n) is 7.09. The molecule has 180 valence electrons. The van der Waals surface area contributed by atoms with Gasteiger partial charge in [0.05, 0.1) is 0 Å². The van der Waals surface area contributed by atoms with Crippen molar-refractivity contribution in [3.05, 3.63) is 87.8 Å². The highest BCUT2D eigenvalue weighted by Gasteiger charge is 2.32. The Kier molecular flexibility index (Phi) is 6.61. The Morgan fingerprint density at radius 3 is 2.49 bits per heavy atom. The van der Waals surface area contributed by atoms with Crippen LogP contribution < -0.4 is 5.69 Å². The van der Waals surface area contributed by atoms with Crippen LogP contribution in [0.2, 0.25) is 5.02 Å². The Bertz CT molecular complexity index is 1410. The molecule has 0 bridgehead atoms. The average Bonchev–Trinajstić information content (AvgIpc) is 3.65. The number of rotatable bonds is 9. The van der Waals surface area contributed by atoms with Crippen molar-refractivity contribution in [2.24, 2.45) is 0 Å². The normalized spacial score (nSPS) is 15.3. The van der Waals surface area contributed by atoms with Crippen LogP contribution in [-0.2, 0) is 4.79 Å². The molecular weight excluding hydrogens is 458 g/mol. The minimum Gasteiger partial charge on any atom is -0.297 e. The molecule has 35 heavy (non-hydrogen) atoms. The minimum atomic E-state index is -0.596. The molecule has 1 aliphatic rings. The lowest BCUT2D eigenvalue weighted by atomic mass is 9.90. The molecular formula is C29H30ClN3O2. The van der Waals surface area contributed by atoms with E-state index in [1.165, 1.54) is 21.0 Å². The van der Waals surface area contributed by atoms with Crippen LogP contribution in [0, 0.1) is 0 Å². The van der Waals surface area contributed by atoms with Crippen molar-refractivity contribution >= 4 is 28.2 Å². The highest BCUT2D eigenvalue weighted by atomic mass is 35.5. The Morgan fingerprint density at radius 2 is 1.74 bits per heavy atom. The molecule has 1 saturated carbocycles. The molecule has 2 atom stereocenters. The van der Waals surface area contributed by atoms with Gasteiger partial charge in [-0.15, -0.1) is 5.10 Å². The van der Waals surface area contributed by atoms with Gasteiger partial charge in [-0.2, -0.15) is 0 Å². The molecule has 6 heteroatoms. The molecule has 2 unspecified atom stereocenters. The number of ketones is 1. The second kappa shape index (κ2) is 9.82. The van der Waals surface area contributed by atoms with E-state index in [1.54, 1.807) is 23.6 Å². The van der Waals surface area contributed by atoms with Gasteiger partial charge in [0.25, 0.3) is 0 Å². The van der Waals surface area contributed by atoms with Gasteiger partial charge < -0.3 is 0 Å². The maximum atomic E-state index is 13.2. The van der Waals surface area contributed by atoms with Gasteiger partial charge in [-0.25, -0.2) is 9.48 Å². The van der Waals surface area contributed by atoms with Gasteiger partial charge >= 0.3 is 5.69 Å². The van der Waals surface area contributed by atoms with E-state index in [9.17, 15) is 9.59 Å². The number of benzene rings is 3. The number of hydrogen-bond donors (Lipinski definition) is 0. The molecule has 5 rings (SSSR count). The van der Waals surface area contributed by atoms with E-state index in [0.29, 0.717) is 23.2 Å². The van der Waals surface area contributed by atoms with E-state index in [2.05, 4.69) is 54.5 Å². The second-order valence-corrected chi connectivity index (χ2v) is 10.1. The first-order chi connectivity index (χ1) is 16.9. The summed E-state index contributed by atoms with van der Waals surface area (Å²) in [6.07, 6.45) is 4.03. The molecule has 0 radical (unpaired) electrons. The first-order valence-electron chi connectivity index (χ1n) is 12.4. The molecule has 0 saturated heterocycles. The standard InChI is InChI=1S/C29H30ClN3O2/c1-19(25-11-6-9-21-8-3-4-10-26(21)25)7-5-12-27(34)20(2)33-29(35)32(24-17-18-24)28(31-33)22-13-15-23(30)16-14-22/h3-4,6,8-11,13-16,19-20,24H,5,7,12,17-18H2,1-2H3. The first kappa shape index (κ1) is 23.6. The van der Waals surface area contributed by atoms with Gasteiger partial charge in [-0.3, -0.25) is 9.36 Å². The highest BCUT2D eigenvalue weighted by Crippen LogP contribution is 2.37. The molecule has 1 aromatic heterocycles. The summed E-state index contributed by atoms with van der Waals surface area (Å²) in [4.78, 5) is 26.3. The van der Waals surface area contributed by atoms with Gasteiger partial charge in [0.1, 0.15) is 6.04 Å². The Balaban J connectivity index is 1.29. The zero-order chi connectivity index (χ0) is 24.5. The first-order valence-corrected chi connectivity index (χ1v) is 12.8. The van der Waals surface area contributed by atoms with Gasteiger partial charge in [-0.1, -0.05) is 61.0 Å². The van der Waals surface area contributed by atoms with E-state index in [0.717, 1.165) is 31.2 Å². The van der Waals surface area contributed by atoms with Crippen LogP contribution in [0.4, 0.5) is 0 Å². The van der Waals surface area contributed by atoms with Crippen LogP contribution >= 0.6 is 11.6 Å². The largest absolute Gasteiger partial charge is 0.347 e. The zero-order valence-corrected chi connectivity index (χ0v) is 20.9. The maximum absolute atomic E-state index is 13.2. The van der Waals surface area contributed by atoms with Crippen LogP contribution in [0.1, 0.15) is 69.5 Å². The summed E-state index contributed by atoms with van der Waals surface area (Å²) in [7, 11) is 0. The fourth-order valence-electron chi connectivity index (χ4n) is 4.87. The minimum absolute atomic E-state index is 0.0420. The second-order valence-electron chi connectivity index (χ2n) is 9.66. The lowest BCUT2D eigenvalue weighted by Crippen LogP contribution is -2.30. The topological polar surface area (TPSA) is 56.9 Å². The van der Waals surface area contributed by atoms with Crippen LogP contribution in [0.25, 0.3) is 22.2 Å². The van der Waals surface area contributed by atoms with Gasteiger partial charge in [-0.05, 0) is 79.1 Å². The summed E-state index contributed by atoms with van der Waals surface area (Å²) in [5, 5.41) is 7.77. The molecule has 1 aliphatic carbocycles. The number of carbonyl (C=O) groups excluding carboxylic acids is 1. The highest BCUT2D eigenvalue weighted by molar-refractivity contribution is 6.30. The van der Waals surface area contributed by atoms with Gasteiger partial charge in [0, 0.05) is 23.0 Å². The summed E-state index contributed by atoms with van der Waals surface area (Å²) in [6, 6.07) is 21.7. The van der Waals surface area contributed by atoms with E-state index < -0.39 is 6.04 Å². The quantitative estimate of drug-likeness (QED) is 0.256. The summed E-state index contributed by atoms with van der Waals surface area (Å²) in [6.45, 7) is 4.00. The van der Waals surface area contributed by atoms with Gasteiger partial charge in [0.15, 0.2) is 11.6 Å². The smallest absolute Gasteiger partial charge is 0.297 e. The summed E-state index contributed by atoms with van der Waals surface area (Å²) >= 11 is 6.04. The summed E-state index contributed by atoms with van der Waals surface area (Å²) < 4.78 is 3.12. The Labute approximate surface area is 210 Å². The fourth-order valence-corrected chi connectivity index (χ4v) is 4.99. The molecule has 0 amide bonds. The predicted octanol–water partition coefficient (Wildman–Crippen LogP) is 6.96. The van der Waals surface area contributed by atoms with E-state index in [-0.39, 0.29) is 17.5 Å². The predicted molar refractivity (Wildman–Crippen MR) is 141 cm³/mol. The Morgan fingerprint density at radius 1 is 1.03 bits per heavy atom. The monoisotopic (exact) mass is 487 g/mol. The number of nitrogens with zero attached hydrogens (tertiary/aromatic N) is 3. The average molecular weight is 488 g/mol. The van der Waals surface area contributed by atoms with Crippen molar-refractivity contribution in [2.75, 3.05) is 0 Å². The van der Waals surface area contributed by atoms with Crippen molar-refractivity contribution < 1.29 is 4.79 Å². The maximum Gasteiger partial charge on any atom is 0.347 e. The van der Waals surface area contributed by atoms with Crippen LogP contribution in [0.15, 0.2) is 71.5 Å². The van der Waals surface area contributed by atoms with E-state index in [4.69, 9.17) is 11.6 Å². The van der Waals surface area contributed by atoms with Crippen LogP contribution in [0.5, 0.6) is 0 Å². The molecule has 1 heterocycles. The molecule has 5 nitrogen and oxygen atoms in total. The number of carbonyl (C=O) groups is 1. The van der Waals surface area contributed by atoms with Crippen molar-refractivity contribution in [1.29, 1.82) is 0 Å². The molecule has 1 fully saturated rings. The number of halogens is 1. The van der Waals surface area contributed by atoms with E-state index >= 15 is 0 Å². The molecule has 0 spiro atoms. The number of fused-ring (bicyclic) bond motifs is 1. The third kappa shape index (κ3) is 4.83. The third-order valence-corrected chi connectivity index (χ3v) is 7.35. The summed E-state index contributed by atoms with van der Waals surface area (Å²) in [5.74, 6) is 0.997. The van der Waals surface area contributed by atoms with Crippen LogP contribution in [-0.4, -0.2) is 20.1 Å². The molecule has 3 aromatic carbocycles. The van der Waals surface area contributed by atoms with Crippen molar-refractivity contribution in [2.45, 2.75) is 64.0 Å². The SMILES string of the molecule is CC(CCCC(=O)C(C)n1nc(-c2ccc(Cl)cc2)n(C2CC2)c1=O)c1cccc2ccccc12.